The molecule has 2 aromatic rings. The van der Waals surface area contributed by atoms with E-state index in [1.54, 1.807) is 17.0 Å². The van der Waals surface area contributed by atoms with Gasteiger partial charge in [-0.2, -0.15) is 0 Å². The smallest absolute Gasteiger partial charge is 0.309 e. The fraction of sp³-hybridized carbons (Fsp3) is 0.469. The number of fused-ring (bicyclic) bond motifs is 1. The Labute approximate surface area is 235 Å². The van der Waals surface area contributed by atoms with Crippen LogP contribution in [0.4, 0.5) is 4.39 Å². The van der Waals surface area contributed by atoms with Crippen molar-refractivity contribution >= 4 is 17.8 Å². The van der Waals surface area contributed by atoms with Gasteiger partial charge in [-0.05, 0) is 68.2 Å². The predicted octanol–water partition coefficient (Wildman–Crippen LogP) is 3.98. The Morgan fingerprint density at radius 1 is 1.02 bits per heavy atom. The molecular weight excluding hydrogens is 511 g/mol. The van der Waals surface area contributed by atoms with Gasteiger partial charge < -0.3 is 20.1 Å². The molecule has 2 aliphatic rings. The fourth-order valence-corrected chi connectivity index (χ4v) is 5.56. The largest absolute Gasteiger partial charge is 0.463 e. The number of hydrogen-bond donors (Lipinski definition) is 2. The van der Waals surface area contributed by atoms with E-state index >= 15 is 0 Å². The fourth-order valence-electron chi connectivity index (χ4n) is 5.56. The number of benzene rings is 2. The van der Waals surface area contributed by atoms with Crippen LogP contribution in [0.25, 0.3) is 0 Å². The molecule has 1 saturated heterocycles. The summed E-state index contributed by atoms with van der Waals surface area (Å²) in [5.41, 5.74) is 1.88. The van der Waals surface area contributed by atoms with Crippen molar-refractivity contribution in [1.82, 2.24) is 10.2 Å². The summed E-state index contributed by atoms with van der Waals surface area (Å²) >= 11 is 0. The first-order chi connectivity index (χ1) is 19.4. The van der Waals surface area contributed by atoms with Crippen LogP contribution in [0.5, 0.6) is 0 Å². The minimum atomic E-state index is -0.542. The van der Waals surface area contributed by atoms with Crippen LogP contribution in [-0.2, 0) is 32.0 Å². The van der Waals surface area contributed by atoms with Crippen molar-refractivity contribution in [1.29, 1.82) is 0 Å². The van der Waals surface area contributed by atoms with Gasteiger partial charge in [-0.25, -0.2) is 4.39 Å². The van der Waals surface area contributed by atoms with Gasteiger partial charge in [-0.15, -0.1) is 0 Å². The molecule has 4 rings (SSSR count). The van der Waals surface area contributed by atoms with Crippen LogP contribution in [-0.4, -0.2) is 59.6 Å². The van der Waals surface area contributed by atoms with Crippen LogP contribution in [0, 0.1) is 17.7 Å². The third kappa shape index (κ3) is 8.49. The highest BCUT2D eigenvalue weighted by Crippen LogP contribution is 2.25. The van der Waals surface area contributed by atoms with E-state index in [1.807, 2.05) is 42.5 Å². The van der Waals surface area contributed by atoms with E-state index in [1.165, 1.54) is 12.1 Å². The second-order valence-electron chi connectivity index (χ2n) is 10.8. The number of nitrogens with zero attached hydrogens (tertiary/aromatic N) is 1. The highest BCUT2D eigenvalue weighted by atomic mass is 19.1. The first kappa shape index (κ1) is 29.5. The van der Waals surface area contributed by atoms with Crippen LogP contribution in [0.15, 0.2) is 66.7 Å². The SMILES string of the molecule is O=C(C[C@@H]1C/C=C\CC[C@H](Cc2ccc(F)cc2)C(=O)OC[C@@H]2CCCN2C1=O)N[C@H](CO)Cc1ccccc1. The number of amides is 2. The minimum absolute atomic E-state index is 0.0185. The zero-order valence-corrected chi connectivity index (χ0v) is 22.8. The number of carbonyl (C=O) groups is 3. The van der Waals surface area contributed by atoms with Gasteiger partial charge in [0, 0.05) is 13.0 Å². The molecule has 0 spiro atoms. The maximum Gasteiger partial charge on any atom is 0.309 e. The van der Waals surface area contributed by atoms with E-state index in [4.69, 9.17) is 4.74 Å². The zero-order chi connectivity index (χ0) is 28.3. The van der Waals surface area contributed by atoms with E-state index in [2.05, 4.69) is 5.32 Å². The van der Waals surface area contributed by atoms with Crippen molar-refractivity contribution in [3.63, 3.8) is 0 Å². The standard InChI is InChI=1S/C32H39FN2O5/c33-27-15-13-24(14-16-27)18-26-11-6-2-5-10-25(31(38)35-17-7-12-29(35)22-40-32(26)39)20-30(37)34-28(21-36)19-23-8-3-1-4-9-23/h1-5,8-9,13-16,25-26,28-29,36H,6-7,10-12,17-22H2,(H,34,37)/b5-2-/t25-,26+,28-,29-/m0/s1. The van der Waals surface area contributed by atoms with E-state index in [-0.39, 0.29) is 55.2 Å². The summed E-state index contributed by atoms with van der Waals surface area (Å²) in [6.07, 6.45) is 7.99. The lowest BCUT2D eigenvalue weighted by molar-refractivity contribution is -0.152. The third-order valence-electron chi connectivity index (χ3n) is 7.77. The Kier molecular flexibility index (Phi) is 10.9. The number of ether oxygens (including phenoxy) is 1. The van der Waals surface area contributed by atoms with E-state index in [9.17, 15) is 23.9 Å². The molecular formula is C32H39FN2O5. The summed E-state index contributed by atoms with van der Waals surface area (Å²) in [6.45, 7) is 0.494. The normalized spacial score (nSPS) is 23.6. The van der Waals surface area contributed by atoms with Crippen LogP contribution in [0.1, 0.15) is 49.7 Å². The monoisotopic (exact) mass is 550 g/mol. The quantitative estimate of drug-likeness (QED) is 0.383. The van der Waals surface area contributed by atoms with Crippen LogP contribution < -0.4 is 5.32 Å². The summed E-state index contributed by atoms with van der Waals surface area (Å²) < 4.78 is 19.1. The van der Waals surface area contributed by atoms with Gasteiger partial charge in [0.25, 0.3) is 0 Å². The molecule has 0 saturated carbocycles. The average molecular weight is 551 g/mol. The molecule has 2 heterocycles. The Hall–Kier alpha value is -3.52. The molecule has 0 unspecified atom stereocenters. The molecule has 4 atom stereocenters. The van der Waals surface area contributed by atoms with Crippen molar-refractivity contribution < 1.29 is 28.6 Å². The lowest BCUT2D eigenvalue weighted by atomic mass is 9.94. The first-order valence-electron chi connectivity index (χ1n) is 14.2. The summed E-state index contributed by atoms with van der Waals surface area (Å²) in [7, 11) is 0. The van der Waals surface area contributed by atoms with Gasteiger partial charge in [-0.3, -0.25) is 14.4 Å². The topological polar surface area (TPSA) is 95.9 Å². The number of halogens is 1. The molecule has 1 fully saturated rings. The number of hydrogen-bond acceptors (Lipinski definition) is 5. The number of aliphatic hydroxyl groups excluding tert-OH is 1. The molecule has 0 aliphatic carbocycles. The lowest BCUT2D eigenvalue weighted by Gasteiger charge is -2.29. The van der Waals surface area contributed by atoms with E-state index in [0.29, 0.717) is 38.6 Å². The number of cyclic esters (lactones) is 1. The second kappa shape index (κ2) is 14.7. The van der Waals surface area contributed by atoms with E-state index < -0.39 is 12.0 Å². The molecule has 0 radical (unpaired) electrons. The predicted molar refractivity (Wildman–Crippen MR) is 150 cm³/mol. The zero-order valence-electron chi connectivity index (χ0n) is 22.8. The maximum atomic E-state index is 13.6. The Morgan fingerprint density at radius 3 is 2.55 bits per heavy atom. The second-order valence-corrected chi connectivity index (χ2v) is 10.8. The number of allylic oxidation sites excluding steroid dienone is 2. The molecule has 0 aromatic heterocycles. The third-order valence-corrected chi connectivity index (χ3v) is 7.77. The first-order valence-corrected chi connectivity index (χ1v) is 14.2. The Balaban J connectivity index is 1.42. The highest BCUT2D eigenvalue weighted by Gasteiger charge is 2.35. The average Bonchev–Trinajstić information content (AvgIpc) is 3.43. The van der Waals surface area contributed by atoms with Gasteiger partial charge in [0.05, 0.1) is 30.5 Å². The van der Waals surface area contributed by atoms with Gasteiger partial charge >= 0.3 is 5.97 Å². The molecule has 40 heavy (non-hydrogen) atoms. The number of rotatable bonds is 8. The molecule has 2 aliphatic heterocycles. The summed E-state index contributed by atoms with van der Waals surface area (Å²) in [6, 6.07) is 15.1. The molecule has 0 bridgehead atoms. The van der Waals surface area contributed by atoms with Gasteiger partial charge in [0.1, 0.15) is 12.4 Å². The molecule has 8 heteroatoms. The van der Waals surface area contributed by atoms with Crippen molar-refractivity contribution in [3.8, 4) is 0 Å². The summed E-state index contributed by atoms with van der Waals surface area (Å²) in [4.78, 5) is 41.4. The minimum Gasteiger partial charge on any atom is -0.463 e. The van der Waals surface area contributed by atoms with Crippen molar-refractivity contribution in [2.45, 2.75) is 63.5 Å². The summed E-state index contributed by atoms with van der Waals surface area (Å²) in [5.74, 6) is -1.92. The van der Waals surface area contributed by atoms with Crippen LogP contribution >= 0.6 is 0 Å². The maximum absolute atomic E-state index is 13.6. The van der Waals surface area contributed by atoms with Gasteiger partial charge in [0.2, 0.25) is 11.8 Å². The molecule has 7 nitrogen and oxygen atoms in total. The van der Waals surface area contributed by atoms with Crippen molar-refractivity contribution in [2.75, 3.05) is 19.8 Å². The number of carbonyl (C=O) groups excluding carboxylic acids is 3. The van der Waals surface area contributed by atoms with Gasteiger partial charge in [-0.1, -0.05) is 54.6 Å². The van der Waals surface area contributed by atoms with Crippen LogP contribution in [0.2, 0.25) is 0 Å². The van der Waals surface area contributed by atoms with Crippen LogP contribution in [0.3, 0.4) is 0 Å². The molecule has 214 valence electrons. The molecule has 2 amide bonds. The highest BCUT2D eigenvalue weighted by molar-refractivity contribution is 5.86. The number of aliphatic hydroxyl groups is 1. The summed E-state index contributed by atoms with van der Waals surface area (Å²) in [5, 5.41) is 12.7. The lowest BCUT2D eigenvalue weighted by Crippen LogP contribution is -2.45. The molecule has 2 aromatic carbocycles. The van der Waals surface area contributed by atoms with E-state index in [0.717, 1.165) is 24.0 Å². The van der Waals surface area contributed by atoms with Gasteiger partial charge in [0.15, 0.2) is 0 Å². The van der Waals surface area contributed by atoms with Crippen molar-refractivity contribution in [2.24, 2.45) is 11.8 Å². The number of esters is 1. The molecule has 2 N–H and O–H groups in total. The Morgan fingerprint density at radius 2 is 1.80 bits per heavy atom. The Bertz CT molecular complexity index is 1150. The number of nitrogens with one attached hydrogen (secondary N) is 1. The van der Waals surface area contributed by atoms with Crippen molar-refractivity contribution in [3.05, 3.63) is 83.7 Å².